The van der Waals surface area contributed by atoms with Gasteiger partial charge in [0.05, 0.1) is 0 Å². The maximum absolute atomic E-state index is 9.30. The molecule has 1 unspecified atom stereocenters. The second-order valence-corrected chi connectivity index (χ2v) is 6.19. The van der Waals surface area contributed by atoms with E-state index in [0.29, 0.717) is 0 Å². The van der Waals surface area contributed by atoms with Crippen LogP contribution in [0.5, 0.6) is 5.75 Å². The van der Waals surface area contributed by atoms with E-state index in [1.807, 2.05) is 42.5 Å². The molecule has 0 aliphatic heterocycles. The van der Waals surface area contributed by atoms with Crippen LogP contribution in [0.2, 0.25) is 0 Å². The van der Waals surface area contributed by atoms with Crippen molar-refractivity contribution in [3.05, 3.63) is 60.2 Å². The van der Waals surface area contributed by atoms with Gasteiger partial charge >= 0.3 is 113 Å². The number of nitriles is 1. The van der Waals surface area contributed by atoms with E-state index < -0.39 is 0 Å². The van der Waals surface area contributed by atoms with Crippen molar-refractivity contribution in [1.29, 1.82) is 5.26 Å². The van der Waals surface area contributed by atoms with Gasteiger partial charge in [-0.2, -0.15) is 0 Å². The first kappa shape index (κ1) is 12.7. The maximum atomic E-state index is 9.30. The third-order valence-electron chi connectivity index (χ3n) is 2.53. The molecule has 0 bridgehead atoms. The number of hydrogen-bond acceptors (Lipinski definition) is 2. The molecule has 3 heteroatoms. The molecule has 90 valence electrons. The second-order valence-electron chi connectivity index (χ2n) is 3.71. The van der Waals surface area contributed by atoms with Gasteiger partial charge in [0.15, 0.2) is 0 Å². The molecule has 0 amide bonds. The van der Waals surface area contributed by atoms with Crippen LogP contribution < -0.4 is 9.20 Å². The van der Waals surface area contributed by atoms with Crippen LogP contribution in [0.25, 0.3) is 0 Å². The summed E-state index contributed by atoms with van der Waals surface area (Å²) in [6.45, 7) is 0. The fourth-order valence-corrected chi connectivity index (χ4v) is 3.54. The molecule has 0 spiro atoms. The zero-order valence-electron chi connectivity index (χ0n) is 10.0. The quantitative estimate of drug-likeness (QED) is 0.812. The summed E-state index contributed by atoms with van der Waals surface area (Å²) in [5.41, 5.74) is 1.06. The Morgan fingerprint density at radius 2 is 1.72 bits per heavy atom. The average Bonchev–Trinajstić information content (AvgIpc) is 2.46. The summed E-state index contributed by atoms with van der Waals surface area (Å²) in [4.78, 5) is -0.0502. The molecule has 2 aromatic carbocycles. The number of benzene rings is 2. The molecule has 0 saturated carbocycles. The van der Waals surface area contributed by atoms with E-state index in [1.54, 1.807) is 7.11 Å². The first-order valence-corrected chi connectivity index (χ1v) is 7.43. The van der Waals surface area contributed by atoms with Crippen molar-refractivity contribution in [3.8, 4) is 11.8 Å². The summed E-state index contributed by atoms with van der Waals surface area (Å²) in [5, 5.41) is 9.30. The summed E-state index contributed by atoms with van der Waals surface area (Å²) >= 11 is 0.130. The van der Waals surface area contributed by atoms with Crippen LogP contribution in [-0.4, -0.2) is 22.1 Å². The van der Waals surface area contributed by atoms with Crippen LogP contribution >= 0.6 is 0 Å². The van der Waals surface area contributed by atoms with Crippen LogP contribution in [0.15, 0.2) is 54.6 Å². The Hall–Kier alpha value is -1.75. The van der Waals surface area contributed by atoms with Crippen LogP contribution in [-0.2, 0) is 0 Å². The topological polar surface area (TPSA) is 33.0 Å². The second kappa shape index (κ2) is 6.25. The monoisotopic (exact) mass is 303 g/mol. The summed E-state index contributed by atoms with van der Waals surface area (Å²) in [6.07, 6.45) is 0. The molecule has 2 rings (SSSR count). The third-order valence-corrected chi connectivity index (χ3v) is 4.96. The summed E-state index contributed by atoms with van der Waals surface area (Å²) in [5.74, 6) is 0.822. The fraction of sp³-hybridized carbons (Fsp3) is 0.133. The van der Waals surface area contributed by atoms with Gasteiger partial charge < -0.3 is 0 Å². The van der Waals surface area contributed by atoms with Crippen LogP contribution in [0.1, 0.15) is 10.4 Å². The van der Waals surface area contributed by atoms with Gasteiger partial charge in [0.2, 0.25) is 0 Å². The van der Waals surface area contributed by atoms with E-state index in [0.717, 1.165) is 11.3 Å². The molecule has 0 aliphatic carbocycles. The van der Waals surface area contributed by atoms with E-state index in [4.69, 9.17) is 4.74 Å². The third kappa shape index (κ3) is 3.13. The molecule has 0 radical (unpaired) electrons. The predicted octanol–water partition coefficient (Wildman–Crippen LogP) is 2.29. The van der Waals surface area contributed by atoms with Gasteiger partial charge in [0, 0.05) is 0 Å². The normalized spacial score (nSPS) is 11.6. The SMILES string of the molecule is COc1ccc(C(C#N)[Se]c2ccccc2)cc1. The summed E-state index contributed by atoms with van der Waals surface area (Å²) in [7, 11) is 1.64. The first-order valence-electron chi connectivity index (χ1n) is 5.59. The molecule has 2 nitrogen and oxygen atoms in total. The van der Waals surface area contributed by atoms with Crippen LogP contribution in [0, 0.1) is 11.3 Å². The Labute approximate surface area is 113 Å². The number of ether oxygens (including phenoxy) is 1. The molecule has 0 saturated heterocycles. The van der Waals surface area contributed by atoms with E-state index in [1.165, 1.54) is 4.46 Å². The standard InChI is InChI=1S/C15H13NOSe/c1-17-13-9-7-12(8-10-13)15(11-16)18-14-5-3-2-4-6-14/h2-10,15H,1H3. The fourth-order valence-electron chi connectivity index (χ4n) is 1.58. The van der Waals surface area contributed by atoms with Crippen LogP contribution in [0.4, 0.5) is 0 Å². The van der Waals surface area contributed by atoms with Crippen LogP contribution in [0.3, 0.4) is 0 Å². The zero-order chi connectivity index (χ0) is 12.8. The number of hydrogen-bond donors (Lipinski definition) is 0. The van der Waals surface area contributed by atoms with E-state index >= 15 is 0 Å². The molecule has 0 heterocycles. The Morgan fingerprint density at radius 3 is 2.28 bits per heavy atom. The molecule has 0 fully saturated rings. The van der Waals surface area contributed by atoms with E-state index in [9.17, 15) is 5.26 Å². The number of methoxy groups -OCH3 is 1. The van der Waals surface area contributed by atoms with Crippen molar-refractivity contribution in [2.75, 3.05) is 7.11 Å². The number of rotatable bonds is 4. The Kier molecular flexibility index (Phi) is 4.41. The first-order chi connectivity index (χ1) is 8.83. The van der Waals surface area contributed by atoms with Gasteiger partial charge in [-0.3, -0.25) is 0 Å². The predicted molar refractivity (Wildman–Crippen MR) is 73.2 cm³/mol. The summed E-state index contributed by atoms with van der Waals surface area (Å²) in [6, 6.07) is 20.3. The molecule has 18 heavy (non-hydrogen) atoms. The summed E-state index contributed by atoms with van der Waals surface area (Å²) < 4.78 is 6.37. The minimum atomic E-state index is -0.0502. The van der Waals surface area contributed by atoms with Crippen molar-refractivity contribution in [3.63, 3.8) is 0 Å². The Bertz CT molecular complexity index is 531. The van der Waals surface area contributed by atoms with Crippen molar-refractivity contribution in [2.45, 2.75) is 4.82 Å². The number of nitrogens with zero attached hydrogens (tertiary/aromatic N) is 1. The molecular weight excluding hydrogens is 289 g/mol. The van der Waals surface area contributed by atoms with Crippen molar-refractivity contribution < 1.29 is 4.74 Å². The van der Waals surface area contributed by atoms with Crippen molar-refractivity contribution in [1.82, 2.24) is 0 Å². The molecule has 0 aliphatic rings. The van der Waals surface area contributed by atoms with E-state index in [-0.39, 0.29) is 19.8 Å². The van der Waals surface area contributed by atoms with Crippen molar-refractivity contribution >= 4 is 19.4 Å². The van der Waals surface area contributed by atoms with Gasteiger partial charge in [-0.15, -0.1) is 0 Å². The van der Waals surface area contributed by atoms with E-state index in [2.05, 4.69) is 18.2 Å². The van der Waals surface area contributed by atoms with Gasteiger partial charge in [-0.05, 0) is 0 Å². The average molecular weight is 302 g/mol. The zero-order valence-corrected chi connectivity index (χ0v) is 11.8. The molecule has 0 N–H and O–H groups in total. The van der Waals surface area contributed by atoms with Gasteiger partial charge in [-0.25, -0.2) is 0 Å². The molecule has 0 aromatic heterocycles. The minimum absolute atomic E-state index is 0.0502. The van der Waals surface area contributed by atoms with Gasteiger partial charge in [0.25, 0.3) is 0 Å². The van der Waals surface area contributed by atoms with Gasteiger partial charge in [-0.1, -0.05) is 0 Å². The van der Waals surface area contributed by atoms with Crippen molar-refractivity contribution in [2.24, 2.45) is 0 Å². The molecule has 2 aromatic rings. The Balaban J connectivity index is 2.16. The molecular formula is C15H13NOSe. The Morgan fingerprint density at radius 1 is 1.06 bits per heavy atom. The molecule has 1 atom stereocenters. The van der Waals surface area contributed by atoms with Gasteiger partial charge in [0.1, 0.15) is 0 Å².